The highest BCUT2D eigenvalue weighted by molar-refractivity contribution is 5.03. The Balaban J connectivity index is 2.32. The number of hydrogen-bond donors (Lipinski definition) is 0. The Labute approximate surface area is 112 Å². The standard InChI is InChI=1S/C16H27NO/c1-3-5-6-7-8-9-12-15(4-2)16-13-10-11-14-17(16)18/h10-11,13-15H,3-9,12H2,1-2H3. The van der Waals surface area contributed by atoms with Crippen molar-refractivity contribution >= 4 is 0 Å². The maximum atomic E-state index is 11.7. The molecule has 1 aromatic rings. The van der Waals surface area contributed by atoms with Gasteiger partial charge in [0.1, 0.15) is 0 Å². The van der Waals surface area contributed by atoms with E-state index in [-0.39, 0.29) is 0 Å². The van der Waals surface area contributed by atoms with Crippen LogP contribution in [0.15, 0.2) is 24.4 Å². The Kier molecular flexibility index (Phi) is 7.47. The fraction of sp³-hybridized carbons (Fsp3) is 0.688. The lowest BCUT2D eigenvalue weighted by Crippen LogP contribution is -2.32. The molecule has 0 aliphatic rings. The van der Waals surface area contributed by atoms with Gasteiger partial charge in [-0.25, -0.2) is 0 Å². The number of aromatic nitrogens is 1. The molecule has 0 saturated carbocycles. The predicted molar refractivity (Wildman–Crippen MR) is 76.4 cm³/mol. The first-order valence-corrected chi connectivity index (χ1v) is 7.47. The molecule has 0 N–H and O–H groups in total. The summed E-state index contributed by atoms with van der Waals surface area (Å²) in [4.78, 5) is 0. The minimum Gasteiger partial charge on any atom is -0.618 e. The molecule has 0 fully saturated rings. The third-order valence-electron chi connectivity index (χ3n) is 3.67. The predicted octanol–water partition coefficient (Wildman–Crippen LogP) is 4.56. The minimum absolute atomic E-state index is 0.426. The van der Waals surface area contributed by atoms with Gasteiger partial charge in [-0.2, -0.15) is 4.73 Å². The molecule has 2 heteroatoms. The summed E-state index contributed by atoms with van der Waals surface area (Å²) in [7, 11) is 0. The zero-order valence-electron chi connectivity index (χ0n) is 11.9. The summed E-state index contributed by atoms with van der Waals surface area (Å²) in [6, 6.07) is 5.74. The average molecular weight is 249 g/mol. The first kappa shape index (κ1) is 15.0. The number of rotatable bonds is 9. The van der Waals surface area contributed by atoms with E-state index in [0.29, 0.717) is 5.92 Å². The molecular weight excluding hydrogens is 222 g/mol. The molecule has 0 aliphatic carbocycles. The van der Waals surface area contributed by atoms with E-state index >= 15 is 0 Å². The van der Waals surface area contributed by atoms with E-state index in [1.54, 1.807) is 12.3 Å². The summed E-state index contributed by atoms with van der Waals surface area (Å²) in [5, 5.41) is 11.7. The van der Waals surface area contributed by atoms with Gasteiger partial charge in [-0.3, -0.25) is 0 Å². The molecule has 2 nitrogen and oxygen atoms in total. The van der Waals surface area contributed by atoms with Crippen molar-refractivity contribution in [1.29, 1.82) is 0 Å². The molecule has 0 aliphatic heterocycles. The van der Waals surface area contributed by atoms with Crippen LogP contribution < -0.4 is 4.73 Å². The van der Waals surface area contributed by atoms with Crippen LogP contribution in [0.3, 0.4) is 0 Å². The lowest BCUT2D eigenvalue weighted by Gasteiger charge is -2.14. The van der Waals surface area contributed by atoms with Crippen LogP contribution >= 0.6 is 0 Å². The maximum absolute atomic E-state index is 11.7. The molecule has 0 aromatic carbocycles. The van der Waals surface area contributed by atoms with Crippen molar-refractivity contribution in [2.45, 2.75) is 71.1 Å². The molecule has 0 spiro atoms. The second-order valence-electron chi connectivity index (χ2n) is 5.11. The molecule has 1 aromatic heterocycles. The zero-order chi connectivity index (χ0) is 13.2. The van der Waals surface area contributed by atoms with Gasteiger partial charge in [0.25, 0.3) is 0 Å². The molecular formula is C16H27NO. The highest BCUT2D eigenvalue weighted by atomic mass is 16.5. The van der Waals surface area contributed by atoms with Gasteiger partial charge in [-0.1, -0.05) is 58.4 Å². The highest BCUT2D eigenvalue weighted by Crippen LogP contribution is 2.23. The van der Waals surface area contributed by atoms with Crippen LogP contribution in [0.1, 0.15) is 76.8 Å². The van der Waals surface area contributed by atoms with E-state index in [0.717, 1.165) is 23.3 Å². The molecule has 1 unspecified atom stereocenters. The van der Waals surface area contributed by atoms with E-state index in [1.807, 2.05) is 12.1 Å². The second kappa shape index (κ2) is 8.96. The number of hydrogen-bond acceptors (Lipinski definition) is 1. The Morgan fingerprint density at radius 3 is 2.44 bits per heavy atom. The monoisotopic (exact) mass is 249 g/mol. The molecule has 18 heavy (non-hydrogen) atoms. The summed E-state index contributed by atoms with van der Waals surface area (Å²) >= 11 is 0. The fourth-order valence-corrected chi connectivity index (χ4v) is 2.49. The Bertz CT molecular complexity index is 325. The van der Waals surface area contributed by atoms with Crippen molar-refractivity contribution in [2.75, 3.05) is 0 Å². The Hall–Kier alpha value is -1.05. The van der Waals surface area contributed by atoms with Gasteiger partial charge in [0.2, 0.25) is 0 Å². The van der Waals surface area contributed by atoms with E-state index in [1.165, 1.54) is 38.5 Å². The van der Waals surface area contributed by atoms with Crippen LogP contribution in [0.2, 0.25) is 0 Å². The average Bonchev–Trinajstić information content (AvgIpc) is 2.39. The molecule has 1 rings (SSSR count). The van der Waals surface area contributed by atoms with Crippen LogP contribution in [-0.4, -0.2) is 0 Å². The maximum Gasteiger partial charge on any atom is 0.195 e. The summed E-state index contributed by atoms with van der Waals surface area (Å²) < 4.78 is 1.03. The van der Waals surface area contributed by atoms with Crippen LogP contribution in [0.25, 0.3) is 0 Å². The SMILES string of the molecule is CCCCCCCCC(CC)c1cccc[n+]1[O-]. The van der Waals surface area contributed by atoms with Gasteiger partial charge < -0.3 is 5.21 Å². The van der Waals surface area contributed by atoms with E-state index in [4.69, 9.17) is 0 Å². The normalized spacial score (nSPS) is 12.6. The quantitative estimate of drug-likeness (QED) is 0.358. The first-order chi connectivity index (χ1) is 8.79. The van der Waals surface area contributed by atoms with Crippen molar-refractivity contribution in [1.82, 2.24) is 0 Å². The van der Waals surface area contributed by atoms with E-state index < -0.39 is 0 Å². The molecule has 0 amide bonds. The Morgan fingerprint density at radius 1 is 1.06 bits per heavy atom. The summed E-state index contributed by atoms with van der Waals surface area (Å²) in [5.74, 6) is 0.426. The van der Waals surface area contributed by atoms with Crippen LogP contribution in [0.5, 0.6) is 0 Å². The van der Waals surface area contributed by atoms with Crippen molar-refractivity contribution < 1.29 is 4.73 Å². The molecule has 0 bridgehead atoms. The molecule has 1 heterocycles. The highest BCUT2D eigenvalue weighted by Gasteiger charge is 2.16. The van der Waals surface area contributed by atoms with Gasteiger partial charge in [0.05, 0.1) is 0 Å². The van der Waals surface area contributed by atoms with Gasteiger partial charge in [-0.15, -0.1) is 0 Å². The molecule has 0 radical (unpaired) electrons. The fourth-order valence-electron chi connectivity index (χ4n) is 2.49. The number of pyridine rings is 1. The zero-order valence-corrected chi connectivity index (χ0v) is 11.9. The smallest absolute Gasteiger partial charge is 0.195 e. The van der Waals surface area contributed by atoms with Crippen LogP contribution in [-0.2, 0) is 0 Å². The van der Waals surface area contributed by atoms with E-state index in [2.05, 4.69) is 13.8 Å². The van der Waals surface area contributed by atoms with Crippen molar-refractivity contribution in [3.05, 3.63) is 35.3 Å². The number of unbranched alkanes of at least 4 members (excludes halogenated alkanes) is 5. The summed E-state index contributed by atoms with van der Waals surface area (Å²) in [5.41, 5.74) is 0.938. The van der Waals surface area contributed by atoms with Gasteiger partial charge in [-0.05, 0) is 12.8 Å². The minimum atomic E-state index is 0.426. The lowest BCUT2D eigenvalue weighted by atomic mass is 9.94. The largest absolute Gasteiger partial charge is 0.618 e. The number of nitrogens with zero attached hydrogens (tertiary/aromatic N) is 1. The summed E-state index contributed by atoms with van der Waals surface area (Å²) in [6.45, 7) is 4.42. The van der Waals surface area contributed by atoms with Crippen molar-refractivity contribution in [2.24, 2.45) is 0 Å². The van der Waals surface area contributed by atoms with Crippen LogP contribution in [0, 0.1) is 5.21 Å². The third kappa shape index (κ3) is 5.07. The third-order valence-corrected chi connectivity index (χ3v) is 3.67. The molecule has 102 valence electrons. The van der Waals surface area contributed by atoms with Crippen molar-refractivity contribution in [3.8, 4) is 0 Å². The molecule has 1 atom stereocenters. The second-order valence-corrected chi connectivity index (χ2v) is 5.11. The molecule has 0 saturated heterocycles. The van der Waals surface area contributed by atoms with Gasteiger partial charge >= 0.3 is 0 Å². The van der Waals surface area contributed by atoms with Gasteiger partial charge in [0, 0.05) is 18.1 Å². The first-order valence-electron chi connectivity index (χ1n) is 7.47. The van der Waals surface area contributed by atoms with Crippen molar-refractivity contribution in [3.63, 3.8) is 0 Å². The lowest BCUT2D eigenvalue weighted by molar-refractivity contribution is -0.615. The van der Waals surface area contributed by atoms with Gasteiger partial charge in [0.15, 0.2) is 11.9 Å². The Morgan fingerprint density at radius 2 is 1.78 bits per heavy atom. The summed E-state index contributed by atoms with van der Waals surface area (Å²) in [6.07, 6.45) is 11.7. The van der Waals surface area contributed by atoms with E-state index in [9.17, 15) is 5.21 Å². The topological polar surface area (TPSA) is 26.9 Å². The van der Waals surface area contributed by atoms with Crippen LogP contribution in [0.4, 0.5) is 0 Å².